The summed E-state index contributed by atoms with van der Waals surface area (Å²) in [6, 6.07) is 10.3. The summed E-state index contributed by atoms with van der Waals surface area (Å²) in [6.07, 6.45) is -0.127. The van der Waals surface area contributed by atoms with Crippen molar-refractivity contribution in [2.75, 3.05) is 11.9 Å². The largest absolute Gasteiger partial charge is 0.481 e. The summed E-state index contributed by atoms with van der Waals surface area (Å²) in [6.45, 7) is 0. The zero-order chi connectivity index (χ0) is 18.0. The lowest BCUT2D eigenvalue weighted by Gasteiger charge is -2.31. The van der Waals surface area contributed by atoms with Crippen molar-refractivity contribution < 1.29 is 19.5 Å². The molecule has 1 aromatic heterocycles. The fourth-order valence-corrected chi connectivity index (χ4v) is 3.81. The predicted octanol–water partition coefficient (Wildman–Crippen LogP) is 2.53. The third kappa shape index (κ3) is 3.56. The Morgan fingerprint density at radius 3 is 2.76 bits per heavy atom. The number of rotatable bonds is 5. The van der Waals surface area contributed by atoms with Crippen molar-refractivity contribution in [3.8, 4) is 0 Å². The van der Waals surface area contributed by atoms with Crippen LogP contribution >= 0.6 is 11.3 Å². The summed E-state index contributed by atoms with van der Waals surface area (Å²) in [4.78, 5) is 38.5. The zero-order valence-corrected chi connectivity index (χ0v) is 14.5. The van der Waals surface area contributed by atoms with Crippen LogP contribution in [0.2, 0.25) is 0 Å². The number of carboxylic acid groups (broad SMARTS) is 1. The molecular weight excluding hydrogens is 340 g/mol. The number of thiophene rings is 1. The standard InChI is InChI=1S/C18H18N2O4S/c1-20-14-6-3-2-5-11(14)12(9-16(20)21)18(24)19-13(10-17(22)23)15-7-4-8-25-15/h2-8,12-13H,9-10H2,1H3,(H,19,24)(H,22,23)/t12-,13+/m0/s1. The highest BCUT2D eigenvalue weighted by Gasteiger charge is 2.34. The van der Waals surface area contributed by atoms with Gasteiger partial charge in [-0.1, -0.05) is 24.3 Å². The van der Waals surface area contributed by atoms with E-state index < -0.39 is 17.9 Å². The molecule has 130 valence electrons. The van der Waals surface area contributed by atoms with Crippen molar-refractivity contribution in [2.24, 2.45) is 0 Å². The molecule has 1 aliphatic rings. The molecular formula is C18H18N2O4S. The van der Waals surface area contributed by atoms with Crippen LogP contribution in [0.15, 0.2) is 41.8 Å². The minimum Gasteiger partial charge on any atom is -0.481 e. The smallest absolute Gasteiger partial charge is 0.305 e. The van der Waals surface area contributed by atoms with Crippen LogP contribution in [0.3, 0.4) is 0 Å². The molecule has 1 aliphatic heterocycles. The molecule has 3 rings (SSSR count). The van der Waals surface area contributed by atoms with Gasteiger partial charge in [0.2, 0.25) is 11.8 Å². The van der Waals surface area contributed by atoms with E-state index in [1.807, 2.05) is 29.6 Å². The van der Waals surface area contributed by atoms with E-state index in [2.05, 4.69) is 5.32 Å². The molecule has 0 saturated heterocycles. The van der Waals surface area contributed by atoms with Crippen molar-refractivity contribution in [3.63, 3.8) is 0 Å². The van der Waals surface area contributed by atoms with Gasteiger partial charge >= 0.3 is 5.97 Å². The number of para-hydroxylation sites is 1. The van der Waals surface area contributed by atoms with Crippen molar-refractivity contribution in [3.05, 3.63) is 52.2 Å². The Morgan fingerprint density at radius 2 is 2.08 bits per heavy atom. The number of carbonyl (C=O) groups is 3. The van der Waals surface area contributed by atoms with Gasteiger partial charge in [0.15, 0.2) is 0 Å². The Hall–Kier alpha value is -2.67. The molecule has 0 radical (unpaired) electrons. The van der Waals surface area contributed by atoms with E-state index in [4.69, 9.17) is 5.11 Å². The molecule has 0 aliphatic carbocycles. The van der Waals surface area contributed by atoms with E-state index in [1.165, 1.54) is 11.3 Å². The molecule has 0 fully saturated rings. The molecule has 1 aromatic carbocycles. The molecule has 7 heteroatoms. The summed E-state index contributed by atoms with van der Waals surface area (Å²) in [5, 5.41) is 13.8. The Bertz CT molecular complexity index is 803. The number of amides is 2. The van der Waals surface area contributed by atoms with Gasteiger partial charge in [-0.2, -0.15) is 0 Å². The minimum absolute atomic E-state index is 0.0730. The van der Waals surface area contributed by atoms with E-state index in [9.17, 15) is 14.4 Å². The number of hydrogen-bond donors (Lipinski definition) is 2. The second-order valence-corrected chi connectivity index (χ2v) is 6.92. The number of carbonyl (C=O) groups excluding carboxylic acids is 2. The van der Waals surface area contributed by atoms with Gasteiger partial charge in [0.05, 0.1) is 18.4 Å². The van der Waals surface area contributed by atoms with Crippen LogP contribution in [0.4, 0.5) is 5.69 Å². The Kier molecular flexibility index (Phi) is 4.85. The highest BCUT2D eigenvalue weighted by atomic mass is 32.1. The predicted molar refractivity (Wildman–Crippen MR) is 94.7 cm³/mol. The van der Waals surface area contributed by atoms with E-state index in [0.717, 1.165) is 10.4 Å². The molecule has 0 saturated carbocycles. The molecule has 2 aromatic rings. The highest BCUT2D eigenvalue weighted by Crippen LogP contribution is 2.36. The van der Waals surface area contributed by atoms with Crippen LogP contribution in [-0.4, -0.2) is 29.9 Å². The number of benzene rings is 1. The minimum atomic E-state index is -0.987. The van der Waals surface area contributed by atoms with Crippen LogP contribution in [0.5, 0.6) is 0 Å². The van der Waals surface area contributed by atoms with Gasteiger partial charge in [-0.3, -0.25) is 14.4 Å². The first-order valence-electron chi connectivity index (χ1n) is 7.88. The molecule has 2 amide bonds. The van der Waals surface area contributed by atoms with Crippen LogP contribution < -0.4 is 10.2 Å². The van der Waals surface area contributed by atoms with Crippen LogP contribution in [-0.2, 0) is 14.4 Å². The third-order valence-corrected chi connectivity index (χ3v) is 5.31. The monoisotopic (exact) mass is 358 g/mol. The lowest BCUT2D eigenvalue weighted by Crippen LogP contribution is -2.40. The lowest BCUT2D eigenvalue weighted by molar-refractivity contribution is -0.138. The fourth-order valence-electron chi connectivity index (χ4n) is 3.04. The number of fused-ring (bicyclic) bond motifs is 1. The molecule has 0 spiro atoms. The first-order chi connectivity index (χ1) is 12.0. The third-order valence-electron chi connectivity index (χ3n) is 4.32. The number of hydrogen-bond acceptors (Lipinski definition) is 4. The lowest BCUT2D eigenvalue weighted by atomic mass is 9.88. The van der Waals surface area contributed by atoms with Gasteiger partial charge in [0.1, 0.15) is 0 Å². The normalized spacial score (nSPS) is 17.7. The zero-order valence-electron chi connectivity index (χ0n) is 13.6. The second kappa shape index (κ2) is 7.06. The van der Waals surface area contributed by atoms with Crippen molar-refractivity contribution in [1.82, 2.24) is 5.32 Å². The Labute approximate surface area is 149 Å². The Morgan fingerprint density at radius 1 is 1.32 bits per heavy atom. The molecule has 2 heterocycles. The SMILES string of the molecule is CN1C(=O)C[C@H](C(=O)N[C@H](CC(=O)O)c2cccs2)c2ccccc21. The van der Waals surface area contributed by atoms with Gasteiger partial charge in [-0.25, -0.2) is 0 Å². The first kappa shape index (κ1) is 17.2. The quantitative estimate of drug-likeness (QED) is 0.860. The van der Waals surface area contributed by atoms with E-state index in [0.29, 0.717) is 5.69 Å². The summed E-state index contributed by atoms with van der Waals surface area (Å²) in [7, 11) is 1.69. The summed E-state index contributed by atoms with van der Waals surface area (Å²) in [5.41, 5.74) is 1.49. The Balaban J connectivity index is 1.86. The maximum absolute atomic E-state index is 12.8. The highest BCUT2D eigenvalue weighted by molar-refractivity contribution is 7.10. The maximum Gasteiger partial charge on any atom is 0.305 e. The maximum atomic E-state index is 12.8. The first-order valence-corrected chi connectivity index (χ1v) is 8.76. The molecule has 0 bridgehead atoms. The van der Waals surface area contributed by atoms with E-state index in [1.54, 1.807) is 24.1 Å². The summed E-state index contributed by atoms with van der Waals surface area (Å²) >= 11 is 1.39. The molecule has 25 heavy (non-hydrogen) atoms. The van der Waals surface area contributed by atoms with Crippen molar-refractivity contribution in [2.45, 2.75) is 24.8 Å². The van der Waals surface area contributed by atoms with Gasteiger partial charge < -0.3 is 15.3 Å². The molecule has 2 N–H and O–H groups in total. The molecule has 2 atom stereocenters. The number of carboxylic acids is 1. The average Bonchev–Trinajstić information content (AvgIpc) is 3.11. The van der Waals surface area contributed by atoms with E-state index >= 15 is 0 Å². The average molecular weight is 358 g/mol. The number of nitrogens with one attached hydrogen (secondary N) is 1. The summed E-state index contributed by atoms with van der Waals surface area (Å²) < 4.78 is 0. The van der Waals surface area contributed by atoms with E-state index in [-0.39, 0.29) is 24.7 Å². The summed E-state index contributed by atoms with van der Waals surface area (Å²) in [5.74, 6) is -2.06. The van der Waals surface area contributed by atoms with Gasteiger partial charge in [0.25, 0.3) is 0 Å². The van der Waals surface area contributed by atoms with Crippen LogP contribution in [0.1, 0.15) is 35.2 Å². The number of nitrogens with zero attached hydrogens (tertiary/aromatic N) is 1. The van der Waals surface area contributed by atoms with Gasteiger partial charge in [-0.15, -0.1) is 11.3 Å². The van der Waals surface area contributed by atoms with Crippen molar-refractivity contribution >= 4 is 34.8 Å². The van der Waals surface area contributed by atoms with Crippen LogP contribution in [0.25, 0.3) is 0 Å². The van der Waals surface area contributed by atoms with Crippen molar-refractivity contribution in [1.29, 1.82) is 0 Å². The fraction of sp³-hybridized carbons (Fsp3) is 0.278. The molecule has 0 unspecified atom stereocenters. The van der Waals surface area contributed by atoms with Gasteiger partial charge in [0, 0.05) is 24.0 Å². The van der Waals surface area contributed by atoms with Crippen LogP contribution in [0, 0.1) is 0 Å². The number of aliphatic carboxylic acids is 1. The topological polar surface area (TPSA) is 86.7 Å². The van der Waals surface area contributed by atoms with Gasteiger partial charge in [-0.05, 0) is 23.1 Å². The second-order valence-electron chi connectivity index (χ2n) is 5.94. The number of anilines is 1. The molecule has 6 nitrogen and oxygen atoms in total.